The van der Waals surface area contributed by atoms with E-state index in [4.69, 9.17) is 5.11 Å². The Balaban J connectivity index is 3.04. The molecule has 0 radical (unpaired) electrons. The Morgan fingerprint density at radius 1 is 1.29 bits per heavy atom. The Hall–Kier alpha value is -1.82. The van der Waals surface area contributed by atoms with Gasteiger partial charge in [0.1, 0.15) is 0 Å². The number of nitro benzene ring substituents is 1. The predicted octanol–water partition coefficient (Wildman–Crippen LogP) is 3.38. The Morgan fingerprint density at radius 2 is 1.95 bits per heavy atom. The fourth-order valence-corrected chi connectivity index (χ4v) is 2.08. The first-order chi connectivity index (χ1) is 9.94. The predicted molar refractivity (Wildman–Crippen MR) is 85.9 cm³/mol. The molecule has 0 aliphatic carbocycles. The number of aliphatic hydroxyl groups is 1. The molecule has 3 N–H and O–H groups in total. The SMILES string of the molecule is CCCNc1cc(NC(C)(CC)CCO)cc([N+](=O)[O-])c1. The lowest BCUT2D eigenvalue weighted by Crippen LogP contribution is -2.35. The summed E-state index contributed by atoms with van der Waals surface area (Å²) in [5.41, 5.74) is 1.20. The summed E-state index contributed by atoms with van der Waals surface area (Å²) in [4.78, 5) is 10.7. The highest BCUT2D eigenvalue weighted by Gasteiger charge is 2.22. The maximum absolute atomic E-state index is 11.1. The lowest BCUT2D eigenvalue weighted by Gasteiger charge is -2.30. The van der Waals surface area contributed by atoms with Crippen LogP contribution in [0.4, 0.5) is 17.1 Å². The van der Waals surface area contributed by atoms with Crippen molar-refractivity contribution in [3.05, 3.63) is 28.3 Å². The second kappa shape index (κ2) is 7.83. The van der Waals surface area contributed by atoms with Crippen LogP contribution in [0.3, 0.4) is 0 Å². The molecule has 0 spiro atoms. The number of anilines is 2. The van der Waals surface area contributed by atoms with E-state index >= 15 is 0 Å². The van der Waals surface area contributed by atoms with E-state index in [1.165, 1.54) is 12.1 Å². The maximum atomic E-state index is 11.1. The van der Waals surface area contributed by atoms with Gasteiger partial charge in [-0.25, -0.2) is 0 Å². The molecule has 21 heavy (non-hydrogen) atoms. The minimum absolute atomic E-state index is 0.0565. The monoisotopic (exact) mass is 295 g/mol. The van der Waals surface area contributed by atoms with Crippen LogP contribution >= 0.6 is 0 Å². The third-order valence-electron chi connectivity index (χ3n) is 3.60. The lowest BCUT2D eigenvalue weighted by atomic mass is 9.94. The number of aliphatic hydroxyl groups excluding tert-OH is 1. The molecule has 0 saturated heterocycles. The standard InChI is InChI=1S/C15H25N3O3/c1-4-7-16-12-9-13(11-14(10-12)18(20)21)17-15(3,5-2)6-8-19/h9-11,16-17,19H,4-8H2,1-3H3. The van der Waals surface area contributed by atoms with Crippen LogP contribution in [-0.4, -0.2) is 28.7 Å². The van der Waals surface area contributed by atoms with Gasteiger partial charge in [-0.05, 0) is 32.3 Å². The second-order valence-corrected chi connectivity index (χ2v) is 5.47. The number of nitrogens with one attached hydrogen (secondary N) is 2. The van der Waals surface area contributed by atoms with Crippen LogP contribution in [0.25, 0.3) is 0 Å². The zero-order valence-corrected chi connectivity index (χ0v) is 13.0. The van der Waals surface area contributed by atoms with Crippen molar-refractivity contribution in [3.63, 3.8) is 0 Å². The molecule has 1 atom stereocenters. The van der Waals surface area contributed by atoms with Crippen LogP contribution in [0.15, 0.2) is 18.2 Å². The maximum Gasteiger partial charge on any atom is 0.273 e. The van der Waals surface area contributed by atoms with Crippen molar-refractivity contribution < 1.29 is 10.0 Å². The van der Waals surface area contributed by atoms with Gasteiger partial charge in [-0.3, -0.25) is 10.1 Å². The van der Waals surface area contributed by atoms with Gasteiger partial charge in [0.05, 0.1) is 4.92 Å². The number of nitrogens with zero attached hydrogens (tertiary/aromatic N) is 1. The van der Waals surface area contributed by atoms with Crippen LogP contribution in [0, 0.1) is 10.1 Å². The summed E-state index contributed by atoms with van der Waals surface area (Å²) in [5, 5.41) is 26.7. The van der Waals surface area contributed by atoms with Gasteiger partial charge in [0.2, 0.25) is 0 Å². The number of nitro groups is 1. The zero-order chi connectivity index (χ0) is 15.9. The van der Waals surface area contributed by atoms with Gasteiger partial charge in [-0.15, -0.1) is 0 Å². The van der Waals surface area contributed by atoms with Crippen LogP contribution in [0.2, 0.25) is 0 Å². The normalized spacial score (nSPS) is 13.5. The first-order valence-electron chi connectivity index (χ1n) is 7.36. The van der Waals surface area contributed by atoms with Crippen molar-refractivity contribution in [3.8, 4) is 0 Å². The Bertz CT molecular complexity index is 479. The highest BCUT2D eigenvalue weighted by molar-refractivity contribution is 5.64. The smallest absolute Gasteiger partial charge is 0.273 e. The van der Waals surface area contributed by atoms with E-state index in [1.54, 1.807) is 0 Å². The van der Waals surface area contributed by atoms with Gasteiger partial charge in [-0.1, -0.05) is 13.8 Å². The van der Waals surface area contributed by atoms with Crippen LogP contribution < -0.4 is 10.6 Å². The number of non-ortho nitro benzene ring substituents is 1. The quantitative estimate of drug-likeness (QED) is 0.480. The Morgan fingerprint density at radius 3 is 2.48 bits per heavy atom. The molecule has 1 rings (SSSR count). The molecule has 1 aromatic carbocycles. The fraction of sp³-hybridized carbons (Fsp3) is 0.600. The highest BCUT2D eigenvalue weighted by atomic mass is 16.6. The van der Waals surface area contributed by atoms with Crippen molar-refractivity contribution in [2.45, 2.75) is 45.6 Å². The van der Waals surface area contributed by atoms with Gasteiger partial charge in [0.15, 0.2) is 0 Å². The summed E-state index contributed by atoms with van der Waals surface area (Å²) in [6, 6.07) is 4.94. The third kappa shape index (κ3) is 5.23. The molecule has 0 aromatic heterocycles. The van der Waals surface area contributed by atoms with Crippen molar-refractivity contribution in [2.24, 2.45) is 0 Å². The zero-order valence-electron chi connectivity index (χ0n) is 13.0. The third-order valence-corrected chi connectivity index (χ3v) is 3.60. The minimum Gasteiger partial charge on any atom is -0.396 e. The molecule has 6 heteroatoms. The average molecular weight is 295 g/mol. The summed E-state index contributed by atoms with van der Waals surface area (Å²) in [5.74, 6) is 0. The number of hydrogen-bond acceptors (Lipinski definition) is 5. The molecule has 1 unspecified atom stereocenters. The molecule has 0 amide bonds. The van der Waals surface area contributed by atoms with Crippen molar-refractivity contribution >= 4 is 17.1 Å². The summed E-state index contributed by atoms with van der Waals surface area (Å²) in [7, 11) is 0. The molecular formula is C15H25N3O3. The van der Waals surface area contributed by atoms with Gasteiger partial charge >= 0.3 is 0 Å². The molecule has 0 saturated carbocycles. The van der Waals surface area contributed by atoms with E-state index in [2.05, 4.69) is 10.6 Å². The topological polar surface area (TPSA) is 87.4 Å². The van der Waals surface area contributed by atoms with Gasteiger partial charge in [0, 0.05) is 42.2 Å². The first-order valence-corrected chi connectivity index (χ1v) is 7.36. The number of rotatable bonds is 9. The molecule has 0 bridgehead atoms. The summed E-state index contributed by atoms with van der Waals surface area (Å²) in [6.45, 7) is 6.91. The van der Waals surface area contributed by atoms with Gasteiger partial charge in [0.25, 0.3) is 5.69 Å². The number of hydrogen-bond donors (Lipinski definition) is 3. The average Bonchev–Trinajstić information content (AvgIpc) is 2.45. The minimum atomic E-state index is -0.391. The van der Waals surface area contributed by atoms with Gasteiger partial charge < -0.3 is 15.7 Å². The van der Waals surface area contributed by atoms with Crippen LogP contribution in [0.5, 0.6) is 0 Å². The van der Waals surface area contributed by atoms with Gasteiger partial charge in [-0.2, -0.15) is 0 Å². The lowest BCUT2D eigenvalue weighted by molar-refractivity contribution is -0.384. The summed E-state index contributed by atoms with van der Waals surface area (Å²) >= 11 is 0. The largest absolute Gasteiger partial charge is 0.396 e. The highest BCUT2D eigenvalue weighted by Crippen LogP contribution is 2.28. The Kier molecular flexibility index (Phi) is 6.42. The van der Waals surface area contributed by atoms with E-state index < -0.39 is 4.92 Å². The van der Waals surface area contributed by atoms with E-state index in [9.17, 15) is 10.1 Å². The Labute approximate surface area is 125 Å². The molecule has 118 valence electrons. The van der Waals surface area contributed by atoms with Crippen molar-refractivity contribution in [2.75, 3.05) is 23.8 Å². The summed E-state index contributed by atoms with van der Waals surface area (Å²) in [6.07, 6.45) is 2.35. The van der Waals surface area contributed by atoms with Crippen LogP contribution in [0.1, 0.15) is 40.0 Å². The molecule has 0 fully saturated rings. The van der Waals surface area contributed by atoms with E-state index in [0.717, 1.165) is 25.1 Å². The molecule has 0 aliphatic heterocycles. The fourth-order valence-electron chi connectivity index (χ4n) is 2.08. The van der Waals surface area contributed by atoms with Crippen LogP contribution in [-0.2, 0) is 0 Å². The molecule has 0 aliphatic rings. The van der Waals surface area contributed by atoms with E-state index in [0.29, 0.717) is 12.1 Å². The molecule has 1 aromatic rings. The number of benzene rings is 1. The van der Waals surface area contributed by atoms with E-state index in [1.807, 2.05) is 26.8 Å². The second-order valence-electron chi connectivity index (χ2n) is 5.47. The van der Waals surface area contributed by atoms with Crippen molar-refractivity contribution in [1.29, 1.82) is 0 Å². The molecule has 6 nitrogen and oxygen atoms in total. The first kappa shape index (κ1) is 17.2. The van der Waals surface area contributed by atoms with E-state index in [-0.39, 0.29) is 17.8 Å². The molecular weight excluding hydrogens is 270 g/mol. The van der Waals surface area contributed by atoms with Crippen molar-refractivity contribution in [1.82, 2.24) is 0 Å². The molecule has 0 heterocycles. The summed E-state index contributed by atoms with van der Waals surface area (Å²) < 4.78 is 0.